The Labute approximate surface area is 113 Å². The van der Waals surface area contributed by atoms with Gasteiger partial charge < -0.3 is 9.84 Å². The number of ether oxygens (including phenoxy) is 1. The Morgan fingerprint density at radius 3 is 2.41 bits per heavy atom. The molecule has 2 aromatic carbocycles. The van der Waals surface area contributed by atoms with Crippen molar-refractivity contribution in [2.75, 3.05) is 7.11 Å². The van der Waals surface area contributed by atoms with E-state index in [1.54, 1.807) is 31.0 Å². The number of hydrogen-bond donors (Lipinski definition) is 1. The van der Waals surface area contributed by atoms with Crippen LogP contribution in [0.2, 0.25) is 0 Å². The van der Waals surface area contributed by atoms with Gasteiger partial charge in [0.1, 0.15) is 11.5 Å². The van der Waals surface area contributed by atoms with E-state index in [4.69, 9.17) is 4.74 Å². The zero-order valence-corrected chi connectivity index (χ0v) is 11.6. The molecule has 0 saturated carbocycles. The van der Waals surface area contributed by atoms with Gasteiger partial charge in [-0.05, 0) is 58.4 Å². The molecular formula is C13H11BrO2S. The van der Waals surface area contributed by atoms with Crippen LogP contribution < -0.4 is 4.74 Å². The number of rotatable bonds is 3. The van der Waals surface area contributed by atoms with Gasteiger partial charge in [0.2, 0.25) is 0 Å². The monoisotopic (exact) mass is 310 g/mol. The molecule has 0 saturated heterocycles. The molecule has 2 rings (SSSR count). The number of aromatic hydroxyl groups is 1. The second-order valence-corrected chi connectivity index (χ2v) is 5.36. The summed E-state index contributed by atoms with van der Waals surface area (Å²) in [5.74, 6) is 1.11. The van der Waals surface area contributed by atoms with Crippen molar-refractivity contribution in [3.8, 4) is 11.5 Å². The molecule has 0 amide bonds. The van der Waals surface area contributed by atoms with Gasteiger partial charge in [-0.2, -0.15) is 0 Å². The number of methoxy groups -OCH3 is 1. The van der Waals surface area contributed by atoms with Gasteiger partial charge in [-0.1, -0.05) is 11.8 Å². The molecule has 0 radical (unpaired) electrons. The molecule has 0 bridgehead atoms. The summed E-state index contributed by atoms with van der Waals surface area (Å²) in [5, 5.41) is 9.21. The van der Waals surface area contributed by atoms with Gasteiger partial charge in [0.25, 0.3) is 0 Å². The van der Waals surface area contributed by atoms with E-state index in [1.165, 1.54) is 0 Å². The predicted octanol–water partition coefficient (Wildman–Crippen LogP) is 4.31. The molecule has 88 valence electrons. The zero-order chi connectivity index (χ0) is 12.3. The van der Waals surface area contributed by atoms with Crippen molar-refractivity contribution in [2.45, 2.75) is 9.79 Å². The summed E-state index contributed by atoms with van der Waals surface area (Å²) in [7, 11) is 1.65. The Balaban J connectivity index is 2.21. The molecular weight excluding hydrogens is 300 g/mol. The van der Waals surface area contributed by atoms with Crippen molar-refractivity contribution < 1.29 is 9.84 Å². The highest BCUT2D eigenvalue weighted by Crippen LogP contribution is 2.35. The van der Waals surface area contributed by atoms with Crippen LogP contribution in [-0.2, 0) is 0 Å². The van der Waals surface area contributed by atoms with Crippen molar-refractivity contribution in [3.05, 3.63) is 46.9 Å². The third-order valence-electron chi connectivity index (χ3n) is 2.20. The van der Waals surface area contributed by atoms with E-state index in [1.807, 2.05) is 30.3 Å². The van der Waals surface area contributed by atoms with Crippen LogP contribution in [0.15, 0.2) is 56.7 Å². The van der Waals surface area contributed by atoms with Crippen LogP contribution in [0.1, 0.15) is 0 Å². The fourth-order valence-electron chi connectivity index (χ4n) is 1.33. The quantitative estimate of drug-likeness (QED) is 0.915. The van der Waals surface area contributed by atoms with E-state index in [2.05, 4.69) is 15.9 Å². The average molecular weight is 311 g/mol. The maximum atomic E-state index is 9.21. The summed E-state index contributed by atoms with van der Waals surface area (Å²) in [5.41, 5.74) is 0. The summed E-state index contributed by atoms with van der Waals surface area (Å²) in [6.45, 7) is 0. The van der Waals surface area contributed by atoms with Gasteiger partial charge in [0, 0.05) is 14.3 Å². The molecule has 0 aliphatic carbocycles. The molecule has 2 aromatic rings. The largest absolute Gasteiger partial charge is 0.508 e. The molecule has 0 heterocycles. The summed E-state index contributed by atoms with van der Waals surface area (Å²) >= 11 is 5.14. The maximum absolute atomic E-state index is 9.21. The molecule has 2 nitrogen and oxygen atoms in total. The molecule has 0 aliphatic rings. The van der Waals surface area contributed by atoms with Crippen molar-refractivity contribution in [1.82, 2.24) is 0 Å². The second kappa shape index (κ2) is 5.47. The molecule has 0 aliphatic heterocycles. The highest BCUT2D eigenvalue weighted by molar-refractivity contribution is 9.10. The van der Waals surface area contributed by atoms with E-state index in [0.717, 1.165) is 20.0 Å². The van der Waals surface area contributed by atoms with E-state index < -0.39 is 0 Å². The minimum Gasteiger partial charge on any atom is -0.508 e. The van der Waals surface area contributed by atoms with Crippen LogP contribution in [0.25, 0.3) is 0 Å². The summed E-state index contributed by atoms with van der Waals surface area (Å²) in [4.78, 5) is 2.19. The van der Waals surface area contributed by atoms with Crippen LogP contribution in [0.5, 0.6) is 11.5 Å². The van der Waals surface area contributed by atoms with E-state index in [0.29, 0.717) is 0 Å². The summed E-state index contributed by atoms with van der Waals surface area (Å²) < 4.78 is 6.14. The minimum atomic E-state index is 0.281. The normalized spacial score (nSPS) is 10.2. The van der Waals surface area contributed by atoms with Gasteiger partial charge in [-0.25, -0.2) is 0 Å². The molecule has 0 spiro atoms. The van der Waals surface area contributed by atoms with Crippen LogP contribution in [0.3, 0.4) is 0 Å². The highest BCUT2D eigenvalue weighted by atomic mass is 79.9. The van der Waals surface area contributed by atoms with E-state index in [9.17, 15) is 5.11 Å². The average Bonchev–Trinajstić information content (AvgIpc) is 2.34. The van der Waals surface area contributed by atoms with Gasteiger partial charge in [-0.3, -0.25) is 0 Å². The van der Waals surface area contributed by atoms with Gasteiger partial charge in [0.15, 0.2) is 0 Å². The lowest BCUT2D eigenvalue weighted by atomic mass is 10.3. The molecule has 0 fully saturated rings. The fourth-order valence-corrected chi connectivity index (χ4v) is 2.75. The van der Waals surface area contributed by atoms with E-state index in [-0.39, 0.29) is 5.75 Å². The summed E-state index contributed by atoms with van der Waals surface area (Å²) in [6, 6.07) is 13.0. The fraction of sp³-hybridized carbons (Fsp3) is 0.0769. The predicted molar refractivity (Wildman–Crippen MR) is 72.9 cm³/mol. The van der Waals surface area contributed by atoms with E-state index >= 15 is 0 Å². The van der Waals surface area contributed by atoms with Gasteiger partial charge >= 0.3 is 0 Å². The SMILES string of the molecule is COc1ccc(Sc2ccc(O)cc2)c(Br)c1. The first kappa shape index (κ1) is 12.3. The molecule has 1 N–H and O–H groups in total. The first-order valence-corrected chi connectivity index (χ1v) is 6.60. The second-order valence-electron chi connectivity index (χ2n) is 3.39. The van der Waals surface area contributed by atoms with Crippen molar-refractivity contribution in [2.24, 2.45) is 0 Å². The lowest BCUT2D eigenvalue weighted by Crippen LogP contribution is -1.83. The number of phenolic OH excluding ortho intramolecular Hbond substituents is 1. The third kappa shape index (κ3) is 3.17. The van der Waals surface area contributed by atoms with Crippen molar-refractivity contribution in [1.29, 1.82) is 0 Å². The molecule has 17 heavy (non-hydrogen) atoms. The Hall–Kier alpha value is -1.13. The Morgan fingerprint density at radius 1 is 1.12 bits per heavy atom. The topological polar surface area (TPSA) is 29.5 Å². The van der Waals surface area contributed by atoms with Crippen molar-refractivity contribution >= 4 is 27.7 Å². The maximum Gasteiger partial charge on any atom is 0.120 e. The first-order chi connectivity index (χ1) is 8.19. The van der Waals surface area contributed by atoms with Gasteiger partial charge in [-0.15, -0.1) is 0 Å². The lowest BCUT2D eigenvalue weighted by Gasteiger charge is -2.06. The van der Waals surface area contributed by atoms with Crippen LogP contribution in [0.4, 0.5) is 0 Å². The van der Waals surface area contributed by atoms with Gasteiger partial charge in [0.05, 0.1) is 7.11 Å². The smallest absolute Gasteiger partial charge is 0.120 e. The molecule has 0 unspecified atom stereocenters. The standard InChI is InChI=1S/C13H11BrO2S/c1-16-10-4-7-13(12(14)8-10)17-11-5-2-9(15)3-6-11/h2-8,15H,1H3. The molecule has 4 heteroatoms. The highest BCUT2D eigenvalue weighted by Gasteiger charge is 2.04. The van der Waals surface area contributed by atoms with Crippen LogP contribution >= 0.6 is 27.7 Å². The molecule has 0 aromatic heterocycles. The van der Waals surface area contributed by atoms with Crippen LogP contribution in [0, 0.1) is 0 Å². The Morgan fingerprint density at radius 2 is 1.82 bits per heavy atom. The number of hydrogen-bond acceptors (Lipinski definition) is 3. The Bertz CT molecular complexity index is 511. The zero-order valence-electron chi connectivity index (χ0n) is 9.18. The summed E-state index contributed by atoms with van der Waals surface area (Å²) in [6.07, 6.45) is 0. The molecule has 0 atom stereocenters. The lowest BCUT2D eigenvalue weighted by molar-refractivity contribution is 0.414. The van der Waals surface area contributed by atoms with Crippen molar-refractivity contribution in [3.63, 3.8) is 0 Å². The first-order valence-electron chi connectivity index (χ1n) is 4.99. The number of benzene rings is 2. The third-order valence-corrected chi connectivity index (χ3v) is 4.21. The number of phenols is 1. The Kier molecular flexibility index (Phi) is 3.97. The number of halogens is 1. The minimum absolute atomic E-state index is 0.281. The van der Waals surface area contributed by atoms with Crippen LogP contribution in [-0.4, -0.2) is 12.2 Å².